The molecule has 8 nitrogen and oxygen atoms in total. The molecule has 146 valence electrons. The quantitative estimate of drug-likeness (QED) is 0.370. The number of benzene rings is 1. The first kappa shape index (κ1) is 18.7. The first-order valence-electron chi connectivity index (χ1n) is 8.60. The number of aliphatic hydroxyl groups excluding tert-OH is 1. The van der Waals surface area contributed by atoms with Crippen LogP contribution in [0.3, 0.4) is 0 Å². The van der Waals surface area contributed by atoms with Gasteiger partial charge in [0, 0.05) is 5.92 Å². The predicted octanol–water partition coefficient (Wildman–Crippen LogP) is 2.44. The van der Waals surface area contributed by atoms with Crippen LogP contribution in [0.4, 0.5) is 10.2 Å². The van der Waals surface area contributed by atoms with Crippen molar-refractivity contribution in [3.8, 4) is 5.75 Å². The highest BCUT2D eigenvalue weighted by atomic mass is 31.1. The summed E-state index contributed by atoms with van der Waals surface area (Å²) in [7, 11) is -0.276. The number of nitrogen functional groups attached to an aromatic ring is 1. The second-order valence-electron chi connectivity index (χ2n) is 6.45. The van der Waals surface area contributed by atoms with E-state index in [-0.39, 0.29) is 21.5 Å². The lowest BCUT2D eigenvalue weighted by Gasteiger charge is -2.17. The zero-order valence-corrected chi connectivity index (χ0v) is 15.8. The molecule has 0 bridgehead atoms. The number of aliphatic hydroxyl groups is 1. The van der Waals surface area contributed by atoms with Crippen LogP contribution in [-0.4, -0.2) is 43.5 Å². The maximum Gasteiger partial charge on any atom is 0.215 e. The van der Waals surface area contributed by atoms with Crippen LogP contribution in [0.1, 0.15) is 6.04 Å². The van der Waals surface area contributed by atoms with E-state index >= 15 is 0 Å². The molecule has 1 aromatic carbocycles. The SMILES string of the molecule is C=C1[C@@H](n2cnc3c(N)ncnc32)[C@@H](F)[C@H](O)[C@H]1COPOc1ccccc1. The van der Waals surface area contributed by atoms with Crippen LogP contribution in [0.25, 0.3) is 11.2 Å². The first-order valence-corrected chi connectivity index (χ1v) is 9.42. The second-order valence-corrected chi connectivity index (χ2v) is 7.11. The summed E-state index contributed by atoms with van der Waals surface area (Å²) < 4.78 is 27.5. The summed E-state index contributed by atoms with van der Waals surface area (Å²) in [6.07, 6.45) is -0.0995. The van der Waals surface area contributed by atoms with Gasteiger partial charge in [-0.05, 0) is 17.7 Å². The summed E-state index contributed by atoms with van der Waals surface area (Å²) in [6.45, 7) is 4.09. The number of anilines is 1. The minimum atomic E-state index is -1.58. The molecule has 10 heteroatoms. The molecule has 2 heterocycles. The van der Waals surface area contributed by atoms with Gasteiger partial charge in [-0.15, -0.1) is 0 Å². The number of alkyl halides is 1. The predicted molar refractivity (Wildman–Crippen MR) is 104 cm³/mol. The van der Waals surface area contributed by atoms with Gasteiger partial charge < -0.3 is 24.5 Å². The first-order chi connectivity index (χ1) is 13.6. The third kappa shape index (κ3) is 3.32. The highest BCUT2D eigenvalue weighted by Crippen LogP contribution is 2.43. The summed E-state index contributed by atoms with van der Waals surface area (Å²) in [6, 6.07) is 8.39. The number of halogens is 1. The van der Waals surface area contributed by atoms with Crippen LogP contribution in [0.2, 0.25) is 0 Å². The Morgan fingerprint density at radius 2 is 2.04 bits per heavy atom. The largest absolute Gasteiger partial charge is 0.450 e. The van der Waals surface area contributed by atoms with Gasteiger partial charge in [0.25, 0.3) is 0 Å². The third-order valence-electron chi connectivity index (χ3n) is 4.81. The lowest BCUT2D eigenvalue weighted by Crippen LogP contribution is -2.27. The highest BCUT2D eigenvalue weighted by Gasteiger charge is 2.47. The molecule has 3 aromatic rings. The normalized spacial score (nSPS) is 25.1. The molecule has 4 rings (SSSR count). The average molecular weight is 403 g/mol. The van der Waals surface area contributed by atoms with E-state index in [1.165, 1.54) is 17.2 Å². The Hall–Kier alpha value is -2.61. The highest BCUT2D eigenvalue weighted by molar-refractivity contribution is 7.26. The molecular formula is C18H19FN5O3P. The van der Waals surface area contributed by atoms with Crippen LogP contribution in [0.15, 0.2) is 55.1 Å². The second kappa shape index (κ2) is 7.79. The van der Waals surface area contributed by atoms with Crippen molar-refractivity contribution in [3.05, 3.63) is 55.1 Å². The monoisotopic (exact) mass is 403 g/mol. The molecule has 1 saturated carbocycles. The van der Waals surface area contributed by atoms with E-state index in [4.69, 9.17) is 14.8 Å². The number of rotatable bonds is 6. The van der Waals surface area contributed by atoms with E-state index in [0.717, 1.165) is 0 Å². The molecule has 1 fully saturated rings. The van der Waals surface area contributed by atoms with Crippen molar-refractivity contribution < 1.29 is 18.5 Å². The van der Waals surface area contributed by atoms with Crippen molar-refractivity contribution in [1.82, 2.24) is 19.5 Å². The van der Waals surface area contributed by atoms with Crippen molar-refractivity contribution in [2.45, 2.75) is 18.3 Å². The summed E-state index contributed by atoms with van der Waals surface area (Å²) in [5.74, 6) is 0.306. The molecule has 1 aliphatic rings. The van der Waals surface area contributed by atoms with E-state index in [9.17, 15) is 9.50 Å². The van der Waals surface area contributed by atoms with Gasteiger partial charge in [0.2, 0.25) is 9.03 Å². The van der Waals surface area contributed by atoms with Gasteiger partial charge in [-0.3, -0.25) is 0 Å². The lowest BCUT2D eigenvalue weighted by atomic mass is 10.0. The number of para-hydroxylation sites is 1. The van der Waals surface area contributed by atoms with E-state index in [2.05, 4.69) is 21.5 Å². The molecule has 0 radical (unpaired) electrons. The molecule has 28 heavy (non-hydrogen) atoms. The number of fused-ring (bicyclic) bond motifs is 1. The summed E-state index contributed by atoms with van der Waals surface area (Å²) in [5.41, 5.74) is 7.07. The van der Waals surface area contributed by atoms with E-state index < -0.39 is 24.2 Å². The maximum atomic E-state index is 14.9. The van der Waals surface area contributed by atoms with E-state index in [1.54, 1.807) is 0 Å². The molecule has 3 N–H and O–H groups in total. The van der Waals surface area contributed by atoms with Gasteiger partial charge in [0.15, 0.2) is 17.6 Å². The van der Waals surface area contributed by atoms with Gasteiger partial charge in [-0.2, -0.15) is 0 Å². The van der Waals surface area contributed by atoms with Crippen molar-refractivity contribution in [3.63, 3.8) is 0 Å². The number of hydrogen-bond donors (Lipinski definition) is 2. The fraction of sp³-hybridized carbons (Fsp3) is 0.278. The number of hydrogen-bond acceptors (Lipinski definition) is 7. The van der Waals surface area contributed by atoms with Gasteiger partial charge in [-0.1, -0.05) is 24.8 Å². The van der Waals surface area contributed by atoms with Gasteiger partial charge >= 0.3 is 0 Å². The van der Waals surface area contributed by atoms with Crippen LogP contribution in [0.5, 0.6) is 5.75 Å². The zero-order chi connectivity index (χ0) is 19.7. The summed E-state index contributed by atoms with van der Waals surface area (Å²) >= 11 is 0. The fourth-order valence-corrected chi connectivity index (χ4v) is 3.89. The molecule has 0 amide bonds. The fourth-order valence-electron chi connectivity index (χ4n) is 3.35. The third-order valence-corrected chi connectivity index (χ3v) is 5.41. The number of nitrogens with two attached hydrogens (primary N) is 1. The van der Waals surface area contributed by atoms with E-state index in [1.807, 2.05) is 30.3 Å². The Kier molecular flexibility index (Phi) is 5.21. The molecule has 0 spiro atoms. The van der Waals surface area contributed by atoms with Crippen molar-refractivity contribution >= 4 is 26.0 Å². The Bertz CT molecular complexity index is 986. The Labute approximate surface area is 162 Å². The van der Waals surface area contributed by atoms with E-state index in [0.29, 0.717) is 22.5 Å². The number of aromatic nitrogens is 4. The van der Waals surface area contributed by atoms with Crippen LogP contribution in [-0.2, 0) is 4.52 Å². The van der Waals surface area contributed by atoms with Crippen LogP contribution >= 0.6 is 9.03 Å². The van der Waals surface area contributed by atoms with Gasteiger partial charge in [0.05, 0.1) is 25.1 Å². The molecule has 1 aliphatic carbocycles. The minimum absolute atomic E-state index is 0.0892. The average Bonchev–Trinajstić information content (AvgIpc) is 3.21. The molecule has 5 atom stereocenters. The van der Waals surface area contributed by atoms with Gasteiger partial charge in [0.1, 0.15) is 17.6 Å². The maximum absolute atomic E-state index is 14.9. The zero-order valence-electron chi connectivity index (χ0n) is 14.8. The van der Waals surface area contributed by atoms with Crippen molar-refractivity contribution in [1.29, 1.82) is 0 Å². The molecule has 2 aromatic heterocycles. The number of nitrogens with zero attached hydrogens (tertiary/aromatic N) is 4. The summed E-state index contributed by atoms with van der Waals surface area (Å²) in [5, 5.41) is 10.4. The van der Waals surface area contributed by atoms with Gasteiger partial charge in [-0.25, -0.2) is 19.3 Å². The number of imidazole rings is 1. The standard InChI is InChI=1S/C18H19FN5O3P/c1-10-12(7-26-28-27-11-5-3-2-4-6-11)16(25)13(19)15(10)24-9-23-14-17(20)21-8-22-18(14)24/h2-6,8-9,12-13,15-16,25,28H,1,7H2,(H2,20,21,22)/t12-,13+,15+,16+/m0/s1. The molecule has 0 saturated heterocycles. The Morgan fingerprint density at radius 3 is 2.82 bits per heavy atom. The van der Waals surface area contributed by atoms with Crippen LogP contribution in [0, 0.1) is 5.92 Å². The lowest BCUT2D eigenvalue weighted by molar-refractivity contribution is 0.0474. The molecular weight excluding hydrogens is 384 g/mol. The van der Waals surface area contributed by atoms with Crippen LogP contribution < -0.4 is 10.3 Å². The Balaban J connectivity index is 1.46. The Morgan fingerprint density at radius 1 is 1.25 bits per heavy atom. The van der Waals surface area contributed by atoms with Crippen molar-refractivity contribution in [2.75, 3.05) is 12.3 Å². The smallest absolute Gasteiger partial charge is 0.215 e. The molecule has 0 aliphatic heterocycles. The summed E-state index contributed by atoms with van der Waals surface area (Å²) in [4.78, 5) is 12.2. The van der Waals surface area contributed by atoms with Crippen molar-refractivity contribution in [2.24, 2.45) is 5.92 Å². The minimum Gasteiger partial charge on any atom is -0.450 e. The topological polar surface area (TPSA) is 108 Å². The molecule has 1 unspecified atom stereocenters.